The normalized spacial score (nSPS) is 9.82. The van der Waals surface area contributed by atoms with Gasteiger partial charge in [0.25, 0.3) is 0 Å². The molecular formula is C13H17N3O. The first-order valence-corrected chi connectivity index (χ1v) is 5.71. The van der Waals surface area contributed by atoms with Crippen LogP contribution >= 0.6 is 0 Å². The van der Waals surface area contributed by atoms with Crippen LogP contribution in [0.25, 0.3) is 0 Å². The zero-order valence-corrected chi connectivity index (χ0v) is 9.78. The molecule has 0 unspecified atom stereocenters. The molecule has 0 radical (unpaired) electrons. The molecule has 1 amide bonds. The van der Waals surface area contributed by atoms with Gasteiger partial charge in [-0.25, -0.2) is 0 Å². The molecule has 1 aromatic rings. The molecule has 1 rings (SSSR count). The predicted octanol–water partition coefficient (Wildman–Crippen LogP) is 1.30. The Morgan fingerprint density at radius 3 is 2.82 bits per heavy atom. The van der Waals surface area contributed by atoms with Crippen molar-refractivity contribution in [2.75, 3.05) is 6.54 Å². The minimum atomic E-state index is -0.250. The van der Waals surface area contributed by atoms with Crippen LogP contribution in [-0.2, 0) is 11.3 Å². The Labute approximate surface area is 101 Å². The largest absolute Gasteiger partial charge is 0.370 e. The van der Waals surface area contributed by atoms with Gasteiger partial charge in [0.05, 0.1) is 11.6 Å². The van der Waals surface area contributed by atoms with E-state index in [1.807, 2.05) is 24.3 Å². The Morgan fingerprint density at radius 2 is 2.12 bits per heavy atom. The molecule has 0 atom stereocenters. The van der Waals surface area contributed by atoms with Crippen molar-refractivity contribution in [2.45, 2.75) is 25.8 Å². The number of nitrogens with zero attached hydrogens (tertiary/aromatic N) is 1. The number of amides is 1. The van der Waals surface area contributed by atoms with Crippen molar-refractivity contribution in [1.29, 1.82) is 5.26 Å². The van der Waals surface area contributed by atoms with E-state index in [9.17, 15) is 4.79 Å². The third-order valence-electron chi connectivity index (χ3n) is 2.48. The van der Waals surface area contributed by atoms with Crippen molar-refractivity contribution in [3.05, 3.63) is 35.4 Å². The number of rotatable bonds is 7. The summed E-state index contributed by atoms with van der Waals surface area (Å²) < 4.78 is 0. The van der Waals surface area contributed by atoms with E-state index in [1.165, 1.54) is 0 Å². The van der Waals surface area contributed by atoms with Gasteiger partial charge in [-0.3, -0.25) is 4.79 Å². The van der Waals surface area contributed by atoms with Gasteiger partial charge in [0.1, 0.15) is 0 Å². The van der Waals surface area contributed by atoms with Crippen molar-refractivity contribution < 1.29 is 4.79 Å². The average molecular weight is 231 g/mol. The third-order valence-corrected chi connectivity index (χ3v) is 2.48. The van der Waals surface area contributed by atoms with E-state index in [1.54, 1.807) is 0 Å². The van der Waals surface area contributed by atoms with Crippen LogP contribution in [0.1, 0.15) is 30.4 Å². The third kappa shape index (κ3) is 5.14. The lowest BCUT2D eigenvalue weighted by molar-refractivity contribution is -0.118. The molecule has 0 saturated heterocycles. The first-order chi connectivity index (χ1) is 8.24. The van der Waals surface area contributed by atoms with Crippen LogP contribution in [0, 0.1) is 11.3 Å². The summed E-state index contributed by atoms with van der Waals surface area (Å²) in [6, 6.07) is 9.69. The Hall–Kier alpha value is -1.86. The van der Waals surface area contributed by atoms with Crippen molar-refractivity contribution in [2.24, 2.45) is 5.73 Å². The molecule has 0 saturated carbocycles. The van der Waals surface area contributed by atoms with Gasteiger partial charge < -0.3 is 11.1 Å². The molecule has 0 aliphatic rings. The summed E-state index contributed by atoms with van der Waals surface area (Å²) >= 11 is 0. The Balaban J connectivity index is 2.22. The maximum atomic E-state index is 10.5. The second kappa shape index (κ2) is 7.42. The van der Waals surface area contributed by atoms with E-state index in [2.05, 4.69) is 11.4 Å². The molecule has 0 aliphatic carbocycles. The second-order valence-electron chi connectivity index (χ2n) is 3.87. The number of hydrogen-bond donors (Lipinski definition) is 2. The number of primary amides is 1. The fourth-order valence-electron chi connectivity index (χ4n) is 1.56. The minimum absolute atomic E-state index is 0.250. The van der Waals surface area contributed by atoms with Crippen LogP contribution in [0.5, 0.6) is 0 Å². The molecule has 4 nitrogen and oxygen atoms in total. The molecule has 0 spiro atoms. The lowest BCUT2D eigenvalue weighted by Gasteiger charge is -2.05. The van der Waals surface area contributed by atoms with Crippen LogP contribution in [0.4, 0.5) is 0 Å². The predicted molar refractivity (Wildman–Crippen MR) is 65.9 cm³/mol. The molecule has 0 bridgehead atoms. The van der Waals surface area contributed by atoms with Gasteiger partial charge >= 0.3 is 0 Å². The van der Waals surface area contributed by atoms with Crippen LogP contribution in [0.3, 0.4) is 0 Å². The summed E-state index contributed by atoms with van der Waals surface area (Å²) in [6.45, 7) is 1.51. The van der Waals surface area contributed by atoms with Crippen LogP contribution < -0.4 is 11.1 Å². The van der Waals surface area contributed by atoms with Gasteiger partial charge in [-0.2, -0.15) is 5.26 Å². The highest BCUT2D eigenvalue weighted by Crippen LogP contribution is 2.06. The van der Waals surface area contributed by atoms with E-state index < -0.39 is 0 Å². The number of benzene rings is 1. The summed E-state index contributed by atoms with van der Waals surface area (Å²) in [4.78, 5) is 10.5. The maximum Gasteiger partial charge on any atom is 0.217 e. The van der Waals surface area contributed by atoms with Crippen molar-refractivity contribution in [3.63, 3.8) is 0 Å². The van der Waals surface area contributed by atoms with Crippen molar-refractivity contribution in [3.8, 4) is 6.07 Å². The highest BCUT2D eigenvalue weighted by Gasteiger charge is 1.99. The minimum Gasteiger partial charge on any atom is -0.370 e. The van der Waals surface area contributed by atoms with Gasteiger partial charge in [-0.15, -0.1) is 0 Å². The van der Waals surface area contributed by atoms with E-state index in [0.717, 1.165) is 24.9 Å². The Bertz CT molecular complexity index is 409. The zero-order valence-electron chi connectivity index (χ0n) is 9.78. The van der Waals surface area contributed by atoms with Gasteiger partial charge in [0.2, 0.25) is 5.91 Å². The van der Waals surface area contributed by atoms with Gasteiger partial charge in [-0.1, -0.05) is 18.2 Å². The topological polar surface area (TPSA) is 78.9 Å². The number of nitriles is 1. The highest BCUT2D eigenvalue weighted by molar-refractivity contribution is 5.73. The summed E-state index contributed by atoms with van der Waals surface area (Å²) in [6.07, 6.45) is 2.16. The fraction of sp³-hybridized carbons (Fsp3) is 0.385. The van der Waals surface area contributed by atoms with Gasteiger partial charge in [0, 0.05) is 13.0 Å². The number of carbonyl (C=O) groups excluding carboxylic acids is 1. The highest BCUT2D eigenvalue weighted by atomic mass is 16.1. The zero-order chi connectivity index (χ0) is 12.5. The fourth-order valence-corrected chi connectivity index (χ4v) is 1.56. The molecular weight excluding hydrogens is 214 g/mol. The Morgan fingerprint density at radius 1 is 1.35 bits per heavy atom. The quantitative estimate of drug-likeness (QED) is 0.694. The number of nitrogens with two attached hydrogens (primary N) is 1. The average Bonchev–Trinajstić information content (AvgIpc) is 2.33. The first kappa shape index (κ1) is 13.2. The molecule has 17 heavy (non-hydrogen) atoms. The van der Waals surface area contributed by atoms with E-state index in [-0.39, 0.29) is 5.91 Å². The number of carbonyl (C=O) groups is 1. The molecule has 0 heterocycles. The Kier molecular flexibility index (Phi) is 5.76. The first-order valence-electron chi connectivity index (χ1n) is 5.71. The summed E-state index contributed by atoms with van der Waals surface area (Å²) in [7, 11) is 0. The molecule has 1 aromatic carbocycles. The van der Waals surface area contributed by atoms with Crippen LogP contribution in [0.2, 0.25) is 0 Å². The SMILES string of the molecule is N#Cc1ccccc1CNCCCCC(N)=O. The lowest BCUT2D eigenvalue weighted by Crippen LogP contribution is -2.16. The molecule has 4 heteroatoms. The van der Waals surface area contributed by atoms with E-state index in [4.69, 9.17) is 11.0 Å². The molecule has 0 fully saturated rings. The molecule has 0 aliphatic heterocycles. The smallest absolute Gasteiger partial charge is 0.217 e. The second-order valence-corrected chi connectivity index (χ2v) is 3.87. The standard InChI is InChI=1S/C13H17N3O/c14-9-11-5-1-2-6-12(11)10-16-8-4-3-7-13(15)17/h1-2,5-6,16H,3-4,7-8,10H2,(H2,15,17). The monoisotopic (exact) mass is 231 g/mol. The van der Waals surface area contributed by atoms with Crippen molar-refractivity contribution >= 4 is 5.91 Å². The van der Waals surface area contributed by atoms with Gasteiger partial charge in [-0.05, 0) is 31.0 Å². The number of unbranched alkanes of at least 4 members (excludes halogenated alkanes) is 1. The summed E-state index contributed by atoms with van der Waals surface area (Å²) in [5, 5.41) is 12.1. The van der Waals surface area contributed by atoms with Gasteiger partial charge in [0.15, 0.2) is 0 Å². The lowest BCUT2D eigenvalue weighted by atomic mass is 10.1. The molecule has 0 aromatic heterocycles. The number of nitrogens with one attached hydrogen (secondary N) is 1. The maximum absolute atomic E-state index is 10.5. The van der Waals surface area contributed by atoms with Crippen LogP contribution in [0.15, 0.2) is 24.3 Å². The van der Waals surface area contributed by atoms with Crippen molar-refractivity contribution in [1.82, 2.24) is 5.32 Å². The summed E-state index contributed by atoms with van der Waals surface area (Å²) in [5.74, 6) is -0.250. The van der Waals surface area contributed by atoms with E-state index in [0.29, 0.717) is 18.5 Å². The molecule has 3 N–H and O–H groups in total. The van der Waals surface area contributed by atoms with E-state index >= 15 is 0 Å². The summed E-state index contributed by atoms with van der Waals surface area (Å²) in [5.41, 5.74) is 6.75. The molecule has 90 valence electrons. The number of hydrogen-bond acceptors (Lipinski definition) is 3. The van der Waals surface area contributed by atoms with Crippen LogP contribution in [-0.4, -0.2) is 12.5 Å².